The third kappa shape index (κ3) is 3.68. The van der Waals surface area contributed by atoms with E-state index in [9.17, 15) is 14.4 Å². The maximum atomic E-state index is 12.4. The molecule has 1 aliphatic heterocycles. The second kappa shape index (κ2) is 7.17. The standard InChI is InChI=1S/C19H19N3O3/c1-14-7-5-6-10-16(14)11-20-18(24)22-17(23)13-21(19(22)25)12-15-8-3-2-4-9-15/h2-10H,11-13H2,1H3,(H,20,24). The van der Waals surface area contributed by atoms with Gasteiger partial charge in [-0.1, -0.05) is 54.6 Å². The molecular formula is C19H19N3O3. The molecule has 0 aliphatic carbocycles. The lowest BCUT2D eigenvalue weighted by Crippen LogP contribution is -2.44. The van der Waals surface area contributed by atoms with Crippen LogP contribution in [0.25, 0.3) is 0 Å². The monoisotopic (exact) mass is 337 g/mol. The SMILES string of the molecule is Cc1ccccc1CNC(=O)N1C(=O)CN(Cc2ccccc2)C1=O. The van der Waals surface area contributed by atoms with Crippen molar-refractivity contribution < 1.29 is 14.4 Å². The maximum absolute atomic E-state index is 12.4. The van der Waals surface area contributed by atoms with Gasteiger partial charge in [0.05, 0.1) is 0 Å². The predicted octanol–water partition coefficient (Wildman–Crippen LogP) is 2.67. The first-order valence-electron chi connectivity index (χ1n) is 8.04. The zero-order valence-corrected chi connectivity index (χ0v) is 13.9. The van der Waals surface area contributed by atoms with Crippen LogP contribution in [-0.4, -0.2) is 34.3 Å². The third-order valence-corrected chi connectivity index (χ3v) is 4.15. The number of benzene rings is 2. The highest BCUT2D eigenvalue weighted by Crippen LogP contribution is 2.15. The van der Waals surface area contributed by atoms with E-state index in [0.717, 1.165) is 16.7 Å². The minimum absolute atomic E-state index is 0.0918. The van der Waals surface area contributed by atoms with E-state index in [4.69, 9.17) is 0 Å². The summed E-state index contributed by atoms with van der Waals surface area (Å²) in [6.07, 6.45) is 0. The van der Waals surface area contributed by atoms with Crippen molar-refractivity contribution in [3.63, 3.8) is 0 Å². The molecule has 1 heterocycles. The Hall–Kier alpha value is -3.15. The molecule has 0 radical (unpaired) electrons. The van der Waals surface area contributed by atoms with Gasteiger partial charge in [0.25, 0.3) is 5.91 Å². The van der Waals surface area contributed by atoms with Crippen LogP contribution in [0.2, 0.25) is 0 Å². The highest BCUT2D eigenvalue weighted by Gasteiger charge is 2.40. The van der Waals surface area contributed by atoms with Gasteiger partial charge in [-0.05, 0) is 23.6 Å². The molecule has 2 aromatic carbocycles. The highest BCUT2D eigenvalue weighted by molar-refractivity contribution is 6.14. The fraction of sp³-hybridized carbons (Fsp3) is 0.211. The molecule has 1 N–H and O–H groups in total. The van der Waals surface area contributed by atoms with E-state index in [2.05, 4.69) is 5.32 Å². The van der Waals surface area contributed by atoms with Gasteiger partial charge in [-0.25, -0.2) is 9.59 Å². The van der Waals surface area contributed by atoms with E-state index in [1.54, 1.807) is 0 Å². The molecule has 0 spiro atoms. The fourth-order valence-corrected chi connectivity index (χ4v) is 2.74. The van der Waals surface area contributed by atoms with Crippen molar-refractivity contribution in [2.45, 2.75) is 20.0 Å². The molecule has 2 aromatic rings. The Morgan fingerprint density at radius 3 is 2.44 bits per heavy atom. The fourth-order valence-electron chi connectivity index (χ4n) is 2.74. The zero-order chi connectivity index (χ0) is 17.8. The highest BCUT2D eigenvalue weighted by atomic mass is 16.2. The van der Waals surface area contributed by atoms with Crippen LogP contribution in [0.5, 0.6) is 0 Å². The Labute approximate surface area is 146 Å². The molecular weight excluding hydrogens is 318 g/mol. The quantitative estimate of drug-likeness (QED) is 0.872. The summed E-state index contributed by atoms with van der Waals surface area (Å²) in [5.41, 5.74) is 2.88. The van der Waals surface area contributed by atoms with E-state index in [-0.39, 0.29) is 13.1 Å². The van der Waals surface area contributed by atoms with E-state index < -0.39 is 18.0 Å². The van der Waals surface area contributed by atoms with Gasteiger partial charge in [0.2, 0.25) is 0 Å². The molecule has 1 saturated heterocycles. The molecule has 0 bridgehead atoms. The Bertz CT molecular complexity index is 805. The number of imide groups is 3. The molecule has 3 rings (SSSR count). The molecule has 6 nitrogen and oxygen atoms in total. The average Bonchev–Trinajstić information content (AvgIpc) is 2.88. The smallest absolute Gasteiger partial charge is 0.333 e. The summed E-state index contributed by atoms with van der Waals surface area (Å²) in [4.78, 5) is 38.9. The number of nitrogens with zero attached hydrogens (tertiary/aromatic N) is 2. The van der Waals surface area contributed by atoms with Crippen LogP contribution >= 0.6 is 0 Å². The van der Waals surface area contributed by atoms with Crippen molar-refractivity contribution >= 4 is 18.0 Å². The van der Waals surface area contributed by atoms with Crippen molar-refractivity contribution in [1.29, 1.82) is 0 Å². The lowest BCUT2D eigenvalue weighted by molar-refractivity contribution is -0.123. The van der Waals surface area contributed by atoms with Crippen LogP contribution in [-0.2, 0) is 17.9 Å². The van der Waals surface area contributed by atoms with E-state index >= 15 is 0 Å². The second-order valence-corrected chi connectivity index (χ2v) is 5.94. The van der Waals surface area contributed by atoms with Crippen molar-refractivity contribution in [2.75, 3.05) is 6.54 Å². The Morgan fingerprint density at radius 1 is 1.04 bits per heavy atom. The van der Waals surface area contributed by atoms with Gasteiger partial charge >= 0.3 is 12.1 Å². The molecule has 128 valence electrons. The van der Waals surface area contributed by atoms with Crippen molar-refractivity contribution in [2.24, 2.45) is 0 Å². The lowest BCUT2D eigenvalue weighted by atomic mass is 10.1. The first-order chi connectivity index (χ1) is 12.1. The van der Waals surface area contributed by atoms with E-state index in [1.165, 1.54) is 4.90 Å². The Kier molecular flexibility index (Phi) is 4.79. The maximum Gasteiger partial charge on any atom is 0.335 e. The number of aryl methyl sites for hydroxylation is 1. The van der Waals surface area contributed by atoms with Gasteiger partial charge in [0.1, 0.15) is 6.54 Å². The summed E-state index contributed by atoms with van der Waals surface area (Å²) in [5.74, 6) is -0.511. The van der Waals surface area contributed by atoms with Gasteiger partial charge < -0.3 is 10.2 Å². The number of amides is 5. The lowest BCUT2D eigenvalue weighted by Gasteiger charge is -2.17. The topological polar surface area (TPSA) is 69.7 Å². The summed E-state index contributed by atoms with van der Waals surface area (Å²) in [7, 11) is 0. The van der Waals surface area contributed by atoms with Gasteiger partial charge in [-0.3, -0.25) is 4.79 Å². The largest absolute Gasteiger partial charge is 0.335 e. The number of carbonyl (C=O) groups is 3. The molecule has 0 atom stereocenters. The Morgan fingerprint density at radius 2 is 1.72 bits per heavy atom. The predicted molar refractivity (Wildman–Crippen MR) is 92.5 cm³/mol. The molecule has 6 heteroatoms. The Balaban J connectivity index is 1.63. The summed E-state index contributed by atoms with van der Waals surface area (Å²) in [6.45, 7) is 2.41. The molecule has 5 amide bonds. The first kappa shape index (κ1) is 16.7. The normalized spacial score (nSPS) is 14.1. The van der Waals surface area contributed by atoms with Crippen LogP contribution in [0.3, 0.4) is 0 Å². The number of hydrogen-bond acceptors (Lipinski definition) is 3. The molecule has 0 aromatic heterocycles. The van der Waals surface area contributed by atoms with Crippen molar-refractivity contribution in [1.82, 2.24) is 15.1 Å². The number of urea groups is 2. The van der Waals surface area contributed by atoms with Crippen LogP contribution < -0.4 is 5.32 Å². The van der Waals surface area contributed by atoms with Crippen molar-refractivity contribution in [3.05, 3.63) is 71.3 Å². The third-order valence-electron chi connectivity index (χ3n) is 4.15. The van der Waals surface area contributed by atoms with Crippen molar-refractivity contribution in [3.8, 4) is 0 Å². The number of nitrogens with one attached hydrogen (secondary N) is 1. The number of hydrogen-bond donors (Lipinski definition) is 1. The zero-order valence-electron chi connectivity index (χ0n) is 13.9. The molecule has 1 fully saturated rings. The first-order valence-corrected chi connectivity index (χ1v) is 8.04. The minimum Gasteiger partial charge on any atom is -0.333 e. The number of carbonyl (C=O) groups excluding carboxylic acids is 3. The molecule has 0 unspecified atom stereocenters. The summed E-state index contributed by atoms with van der Waals surface area (Å²) in [5, 5.41) is 2.65. The van der Waals surface area contributed by atoms with Gasteiger partial charge in [-0.15, -0.1) is 0 Å². The molecule has 1 aliphatic rings. The number of rotatable bonds is 4. The van der Waals surface area contributed by atoms with Gasteiger partial charge in [0, 0.05) is 13.1 Å². The van der Waals surface area contributed by atoms with Crippen LogP contribution in [0.15, 0.2) is 54.6 Å². The second-order valence-electron chi connectivity index (χ2n) is 5.94. The summed E-state index contributed by atoms with van der Waals surface area (Å²) in [6, 6.07) is 15.7. The van der Waals surface area contributed by atoms with Gasteiger partial charge in [0.15, 0.2) is 0 Å². The molecule has 0 saturated carbocycles. The van der Waals surface area contributed by atoms with Crippen LogP contribution in [0, 0.1) is 6.92 Å². The van der Waals surface area contributed by atoms with E-state index in [1.807, 2.05) is 61.5 Å². The van der Waals surface area contributed by atoms with Crippen LogP contribution in [0.1, 0.15) is 16.7 Å². The van der Waals surface area contributed by atoms with Gasteiger partial charge in [-0.2, -0.15) is 4.90 Å². The summed E-state index contributed by atoms with van der Waals surface area (Å²) >= 11 is 0. The molecule has 25 heavy (non-hydrogen) atoms. The van der Waals surface area contributed by atoms with E-state index in [0.29, 0.717) is 11.4 Å². The van der Waals surface area contributed by atoms with Crippen LogP contribution in [0.4, 0.5) is 9.59 Å². The minimum atomic E-state index is -0.686. The summed E-state index contributed by atoms with van der Waals surface area (Å²) < 4.78 is 0. The average molecular weight is 337 g/mol.